The highest BCUT2D eigenvalue weighted by atomic mass is 16.1. The molecule has 0 aliphatic heterocycles. The molecule has 0 fully saturated rings. The summed E-state index contributed by atoms with van der Waals surface area (Å²) in [5.74, 6) is 0.119. The third kappa shape index (κ3) is 2.77. The maximum Gasteiger partial charge on any atom is 0.167 e. The molecule has 0 aliphatic carbocycles. The van der Waals surface area contributed by atoms with Crippen LogP contribution in [0.4, 0.5) is 5.69 Å². The number of aromatic nitrogens is 2. The number of hydrogen-bond acceptors (Lipinski definition) is 3. The minimum absolute atomic E-state index is 0.119. The molecule has 1 aromatic heterocycles. The second kappa shape index (κ2) is 5.04. The van der Waals surface area contributed by atoms with Gasteiger partial charge in [-0.1, -0.05) is 0 Å². The Hall–Kier alpha value is -2.10. The van der Waals surface area contributed by atoms with E-state index in [1.165, 1.54) is 0 Å². The van der Waals surface area contributed by atoms with E-state index in [0.29, 0.717) is 6.42 Å². The molecule has 0 bridgehead atoms. The van der Waals surface area contributed by atoms with Gasteiger partial charge in [0.2, 0.25) is 0 Å². The van der Waals surface area contributed by atoms with Gasteiger partial charge in [-0.05, 0) is 29.8 Å². The van der Waals surface area contributed by atoms with Crippen molar-refractivity contribution in [1.29, 1.82) is 0 Å². The first-order valence-corrected chi connectivity index (χ1v) is 5.84. The van der Waals surface area contributed by atoms with Crippen molar-refractivity contribution in [2.24, 2.45) is 7.05 Å². The van der Waals surface area contributed by atoms with E-state index in [1.54, 1.807) is 10.9 Å². The Bertz CT molecular complexity index is 540. The Balaban J connectivity index is 2.09. The van der Waals surface area contributed by atoms with Gasteiger partial charge < -0.3 is 4.90 Å². The van der Waals surface area contributed by atoms with Gasteiger partial charge in [0.25, 0.3) is 0 Å². The molecule has 0 N–H and O–H groups in total. The van der Waals surface area contributed by atoms with E-state index >= 15 is 0 Å². The van der Waals surface area contributed by atoms with Crippen molar-refractivity contribution in [1.82, 2.24) is 9.78 Å². The van der Waals surface area contributed by atoms with Crippen LogP contribution in [0, 0.1) is 0 Å². The van der Waals surface area contributed by atoms with Crippen LogP contribution in [0.1, 0.15) is 15.9 Å². The predicted octanol–water partition coefficient (Wildman–Crippen LogP) is 1.91. The number of ketones is 1. The molecular weight excluding hydrogens is 226 g/mol. The van der Waals surface area contributed by atoms with Gasteiger partial charge in [-0.25, -0.2) is 0 Å². The second-order valence-corrected chi connectivity index (χ2v) is 4.56. The smallest absolute Gasteiger partial charge is 0.167 e. The first-order chi connectivity index (χ1) is 8.56. The minimum atomic E-state index is 0.119. The monoisotopic (exact) mass is 243 g/mol. The van der Waals surface area contributed by atoms with E-state index in [-0.39, 0.29) is 5.78 Å². The predicted molar refractivity (Wildman–Crippen MR) is 72.0 cm³/mol. The van der Waals surface area contributed by atoms with E-state index in [9.17, 15) is 4.79 Å². The number of benzene rings is 1. The Kier molecular flexibility index (Phi) is 3.46. The van der Waals surface area contributed by atoms with Crippen molar-refractivity contribution in [2.45, 2.75) is 6.42 Å². The van der Waals surface area contributed by atoms with Gasteiger partial charge in [-0.3, -0.25) is 9.48 Å². The molecule has 0 unspecified atom stereocenters. The molecule has 0 saturated heterocycles. The molecule has 0 amide bonds. The SMILES string of the molecule is CN(C)c1ccc(C(=O)Cc2cnn(C)c2)cc1. The van der Waals surface area contributed by atoms with Crippen molar-refractivity contribution in [3.8, 4) is 0 Å². The molecule has 94 valence electrons. The summed E-state index contributed by atoms with van der Waals surface area (Å²) in [4.78, 5) is 14.1. The van der Waals surface area contributed by atoms with E-state index < -0.39 is 0 Å². The number of anilines is 1. The maximum absolute atomic E-state index is 12.1. The highest BCUT2D eigenvalue weighted by Crippen LogP contribution is 2.14. The summed E-state index contributed by atoms with van der Waals surface area (Å²) in [5, 5.41) is 4.06. The first-order valence-electron chi connectivity index (χ1n) is 5.84. The highest BCUT2D eigenvalue weighted by molar-refractivity contribution is 5.97. The molecule has 2 aromatic rings. The van der Waals surface area contributed by atoms with Crippen LogP contribution < -0.4 is 4.90 Å². The average molecular weight is 243 g/mol. The fraction of sp³-hybridized carbons (Fsp3) is 0.286. The quantitative estimate of drug-likeness (QED) is 0.770. The Morgan fingerprint density at radius 3 is 2.44 bits per heavy atom. The standard InChI is InChI=1S/C14H17N3O/c1-16(2)13-6-4-12(5-7-13)14(18)8-11-9-15-17(3)10-11/h4-7,9-10H,8H2,1-3H3. The molecular formula is C14H17N3O. The summed E-state index contributed by atoms with van der Waals surface area (Å²) in [6.45, 7) is 0. The zero-order valence-corrected chi connectivity index (χ0v) is 10.9. The normalized spacial score (nSPS) is 10.4. The summed E-state index contributed by atoms with van der Waals surface area (Å²) in [5.41, 5.74) is 2.77. The topological polar surface area (TPSA) is 38.1 Å². The van der Waals surface area contributed by atoms with Crippen LogP contribution in [0.3, 0.4) is 0 Å². The number of Topliss-reactive ketones (excluding diaryl/α,β-unsaturated/α-hetero) is 1. The van der Waals surface area contributed by atoms with Crippen LogP contribution in [0.25, 0.3) is 0 Å². The molecule has 0 aliphatic rings. The Morgan fingerprint density at radius 2 is 1.94 bits per heavy atom. The number of hydrogen-bond donors (Lipinski definition) is 0. The molecule has 0 saturated carbocycles. The molecule has 0 atom stereocenters. The summed E-state index contributed by atoms with van der Waals surface area (Å²) in [7, 11) is 5.80. The molecule has 4 heteroatoms. The van der Waals surface area contributed by atoms with Crippen LogP contribution in [-0.4, -0.2) is 29.7 Å². The third-order valence-corrected chi connectivity index (χ3v) is 2.83. The van der Waals surface area contributed by atoms with E-state index in [1.807, 2.05) is 56.5 Å². The number of aryl methyl sites for hydroxylation is 1. The van der Waals surface area contributed by atoms with Crippen molar-refractivity contribution < 1.29 is 4.79 Å². The Labute approximate surface area is 107 Å². The van der Waals surface area contributed by atoms with E-state index in [4.69, 9.17) is 0 Å². The van der Waals surface area contributed by atoms with Gasteiger partial charge in [0.05, 0.1) is 6.20 Å². The summed E-state index contributed by atoms with van der Waals surface area (Å²) >= 11 is 0. The largest absolute Gasteiger partial charge is 0.378 e. The summed E-state index contributed by atoms with van der Waals surface area (Å²) < 4.78 is 1.71. The van der Waals surface area contributed by atoms with Gasteiger partial charge in [0.1, 0.15) is 0 Å². The van der Waals surface area contributed by atoms with Crippen LogP contribution in [0.5, 0.6) is 0 Å². The van der Waals surface area contributed by atoms with Crippen molar-refractivity contribution in [3.63, 3.8) is 0 Å². The molecule has 1 aromatic carbocycles. The van der Waals surface area contributed by atoms with Gasteiger partial charge in [0, 0.05) is 45.0 Å². The fourth-order valence-electron chi connectivity index (χ4n) is 1.80. The van der Waals surface area contributed by atoms with Crippen LogP contribution in [-0.2, 0) is 13.5 Å². The first kappa shape index (κ1) is 12.4. The minimum Gasteiger partial charge on any atom is -0.378 e. The molecule has 18 heavy (non-hydrogen) atoms. The maximum atomic E-state index is 12.1. The third-order valence-electron chi connectivity index (χ3n) is 2.83. The molecule has 1 heterocycles. The lowest BCUT2D eigenvalue weighted by molar-refractivity contribution is 0.0993. The number of nitrogens with zero attached hydrogens (tertiary/aromatic N) is 3. The molecule has 0 radical (unpaired) electrons. The van der Waals surface area contributed by atoms with E-state index in [2.05, 4.69) is 5.10 Å². The van der Waals surface area contributed by atoms with Crippen molar-refractivity contribution in [2.75, 3.05) is 19.0 Å². The zero-order chi connectivity index (χ0) is 13.1. The lowest BCUT2D eigenvalue weighted by atomic mass is 10.1. The molecule has 4 nitrogen and oxygen atoms in total. The average Bonchev–Trinajstić information content (AvgIpc) is 2.75. The highest BCUT2D eigenvalue weighted by Gasteiger charge is 2.08. The summed E-state index contributed by atoms with van der Waals surface area (Å²) in [6, 6.07) is 7.65. The van der Waals surface area contributed by atoms with Gasteiger partial charge in [-0.15, -0.1) is 0 Å². The number of carbonyl (C=O) groups is 1. The lowest BCUT2D eigenvalue weighted by Crippen LogP contribution is -2.09. The van der Waals surface area contributed by atoms with Gasteiger partial charge in [-0.2, -0.15) is 5.10 Å². The summed E-state index contributed by atoms with van der Waals surface area (Å²) in [6.07, 6.45) is 3.99. The van der Waals surface area contributed by atoms with Gasteiger partial charge in [0.15, 0.2) is 5.78 Å². The van der Waals surface area contributed by atoms with Crippen molar-refractivity contribution in [3.05, 3.63) is 47.8 Å². The number of rotatable bonds is 4. The second-order valence-electron chi connectivity index (χ2n) is 4.56. The van der Waals surface area contributed by atoms with Crippen molar-refractivity contribution >= 4 is 11.5 Å². The van der Waals surface area contributed by atoms with Crippen LogP contribution in [0.2, 0.25) is 0 Å². The zero-order valence-electron chi connectivity index (χ0n) is 10.9. The fourth-order valence-corrected chi connectivity index (χ4v) is 1.80. The molecule has 0 spiro atoms. The van der Waals surface area contributed by atoms with Crippen LogP contribution >= 0.6 is 0 Å². The molecule has 2 rings (SSSR count). The Morgan fingerprint density at radius 1 is 1.28 bits per heavy atom. The number of carbonyl (C=O) groups excluding carboxylic acids is 1. The van der Waals surface area contributed by atoms with Gasteiger partial charge >= 0.3 is 0 Å². The van der Waals surface area contributed by atoms with E-state index in [0.717, 1.165) is 16.8 Å². The van der Waals surface area contributed by atoms with Crippen LogP contribution in [0.15, 0.2) is 36.7 Å². The lowest BCUT2D eigenvalue weighted by Gasteiger charge is -2.12.